The summed E-state index contributed by atoms with van der Waals surface area (Å²) in [5.41, 5.74) is 6.65. The molecule has 0 aliphatic carbocycles. The second-order valence-electron chi connectivity index (χ2n) is 4.06. The largest absolute Gasteiger partial charge is 0.480 e. The Morgan fingerprint density at radius 3 is 2.45 bits per heavy atom. The van der Waals surface area contributed by atoms with E-state index in [9.17, 15) is 9.59 Å². The van der Waals surface area contributed by atoms with Crippen molar-refractivity contribution in [2.45, 2.75) is 0 Å². The Hall–Kier alpha value is -2.89. The van der Waals surface area contributed by atoms with Crippen LogP contribution in [0.5, 0.6) is 0 Å². The van der Waals surface area contributed by atoms with Crippen molar-refractivity contribution >= 4 is 23.3 Å². The predicted molar refractivity (Wildman–Crippen MR) is 74.4 cm³/mol. The van der Waals surface area contributed by atoms with Crippen molar-refractivity contribution in [2.75, 3.05) is 17.2 Å². The van der Waals surface area contributed by atoms with Crippen molar-refractivity contribution in [3.05, 3.63) is 54.4 Å². The number of hydrogen-bond acceptors (Lipinski definition) is 4. The van der Waals surface area contributed by atoms with Crippen molar-refractivity contribution in [3.8, 4) is 0 Å². The van der Waals surface area contributed by atoms with Gasteiger partial charge in [-0.1, -0.05) is 18.2 Å². The number of benzene rings is 1. The molecule has 0 unspecified atom stereocenters. The zero-order valence-electron chi connectivity index (χ0n) is 10.6. The van der Waals surface area contributed by atoms with Crippen LogP contribution >= 0.6 is 0 Å². The number of nitrogen functional groups attached to an aromatic ring is 1. The number of pyridine rings is 1. The number of nitrogens with two attached hydrogens (primary N) is 1. The third-order valence-corrected chi connectivity index (χ3v) is 2.65. The van der Waals surface area contributed by atoms with Crippen LogP contribution in [0.1, 0.15) is 10.5 Å². The van der Waals surface area contributed by atoms with Gasteiger partial charge >= 0.3 is 5.97 Å². The monoisotopic (exact) mass is 271 g/mol. The maximum Gasteiger partial charge on any atom is 0.323 e. The van der Waals surface area contributed by atoms with Crippen LogP contribution in [0.3, 0.4) is 0 Å². The van der Waals surface area contributed by atoms with Gasteiger partial charge in [0.15, 0.2) is 0 Å². The molecule has 0 atom stereocenters. The van der Waals surface area contributed by atoms with Crippen LogP contribution in [0.25, 0.3) is 0 Å². The van der Waals surface area contributed by atoms with Gasteiger partial charge < -0.3 is 10.8 Å². The Morgan fingerprint density at radius 1 is 1.15 bits per heavy atom. The lowest BCUT2D eigenvalue weighted by Gasteiger charge is -2.21. The molecule has 0 spiro atoms. The molecule has 0 saturated carbocycles. The average Bonchev–Trinajstić information content (AvgIpc) is 2.46. The molecule has 1 amide bonds. The molecule has 0 aliphatic rings. The molecular weight excluding hydrogens is 258 g/mol. The number of carbonyl (C=O) groups excluding carboxylic acids is 1. The lowest BCUT2D eigenvalue weighted by atomic mass is 10.2. The molecule has 0 radical (unpaired) electrons. The molecular formula is C14H13N3O3. The van der Waals surface area contributed by atoms with Gasteiger partial charge in [-0.3, -0.25) is 19.5 Å². The zero-order valence-corrected chi connectivity index (χ0v) is 10.6. The summed E-state index contributed by atoms with van der Waals surface area (Å²) < 4.78 is 0. The number of hydrogen-bond donors (Lipinski definition) is 2. The lowest BCUT2D eigenvalue weighted by molar-refractivity contribution is -0.135. The zero-order chi connectivity index (χ0) is 14.5. The number of para-hydroxylation sites is 2. The first kappa shape index (κ1) is 13.5. The van der Waals surface area contributed by atoms with Gasteiger partial charge in [0.05, 0.1) is 11.4 Å². The maximum atomic E-state index is 12.4. The van der Waals surface area contributed by atoms with E-state index >= 15 is 0 Å². The average molecular weight is 271 g/mol. The van der Waals surface area contributed by atoms with Crippen LogP contribution in [-0.2, 0) is 4.79 Å². The molecule has 2 rings (SSSR count). The molecule has 1 heterocycles. The van der Waals surface area contributed by atoms with Crippen molar-refractivity contribution in [2.24, 2.45) is 0 Å². The van der Waals surface area contributed by atoms with Crippen LogP contribution in [0.4, 0.5) is 11.4 Å². The lowest BCUT2D eigenvalue weighted by Crippen LogP contribution is -2.36. The molecule has 102 valence electrons. The van der Waals surface area contributed by atoms with Crippen LogP contribution in [0.15, 0.2) is 48.7 Å². The van der Waals surface area contributed by atoms with E-state index in [1.165, 1.54) is 12.3 Å². The first-order chi connectivity index (χ1) is 9.59. The predicted octanol–water partition coefficient (Wildman–Crippen LogP) is 1.40. The number of anilines is 2. The maximum absolute atomic E-state index is 12.4. The summed E-state index contributed by atoms with van der Waals surface area (Å²) in [6.07, 6.45) is 1.47. The molecule has 6 heteroatoms. The number of amides is 1. The quantitative estimate of drug-likeness (QED) is 0.819. The van der Waals surface area contributed by atoms with Gasteiger partial charge in [-0.15, -0.1) is 0 Å². The number of aliphatic carboxylic acids is 1. The van der Waals surface area contributed by atoms with Crippen LogP contribution < -0.4 is 10.6 Å². The van der Waals surface area contributed by atoms with Gasteiger partial charge in [-0.2, -0.15) is 0 Å². The minimum absolute atomic E-state index is 0.164. The Kier molecular flexibility index (Phi) is 3.95. The summed E-state index contributed by atoms with van der Waals surface area (Å²) in [7, 11) is 0. The highest BCUT2D eigenvalue weighted by molar-refractivity contribution is 6.08. The summed E-state index contributed by atoms with van der Waals surface area (Å²) in [6, 6.07) is 11.5. The van der Waals surface area contributed by atoms with E-state index in [0.717, 1.165) is 4.90 Å². The van der Waals surface area contributed by atoms with E-state index in [-0.39, 0.29) is 5.69 Å². The van der Waals surface area contributed by atoms with Crippen LogP contribution in [0.2, 0.25) is 0 Å². The number of carboxylic acids is 1. The Balaban J connectivity index is 2.41. The van der Waals surface area contributed by atoms with Crippen LogP contribution in [-0.4, -0.2) is 28.5 Å². The number of carbonyl (C=O) groups is 2. The second kappa shape index (κ2) is 5.83. The smallest absolute Gasteiger partial charge is 0.323 e. The van der Waals surface area contributed by atoms with Crippen molar-refractivity contribution in [1.82, 2.24) is 4.98 Å². The van der Waals surface area contributed by atoms with Crippen LogP contribution in [0, 0.1) is 0 Å². The molecule has 20 heavy (non-hydrogen) atoms. The van der Waals surface area contributed by atoms with Gasteiger partial charge in [-0.05, 0) is 24.3 Å². The standard InChI is InChI=1S/C14H13N3O3/c15-10-5-1-2-7-12(10)17(9-13(18)19)14(20)11-6-3-4-8-16-11/h1-8H,9,15H2,(H,18,19). The minimum Gasteiger partial charge on any atom is -0.480 e. The molecule has 0 saturated heterocycles. The highest BCUT2D eigenvalue weighted by Gasteiger charge is 2.22. The van der Waals surface area contributed by atoms with E-state index in [1.54, 1.807) is 36.4 Å². The Bertz CT molecular complexity index is 629. The number of rotatable bonds is 4. The van der Waals surface area contributed by atoms with Gasteiger partial charge in [0, 0.05) is 6.20 Å². The van der Waals surface area contributed by atoms with Gasteiger partial charge in [0.2, 0.25) is 0 Å². The third-order valence-electron chi connectivity index (χ3n) is 2.65. The minimum atomic E-state index is -1.13. The fourth-order valence-electron chi connectivity index (χ4n) is 1.76. The molecule has 2 aromatic rings. The first-order valence-corrected chi connectivity index (χ1v) is 5.89. The highest BCUT2D eigenvalue weighted by Crippen LogP contribution is 2.23. The Morgan fingerprint density at radius 2 is 1.85 bits per heavy atom. The second-order valence-corrected chi connectivity index (χ2v) is 4.06. The Labute approximate surface area is 115 Å². The molecule has 1 aromatic carbocycles. The van der Waals surface area contributed by atoms with Crippen molar-refractivity contribution < 1.29 is 14.7 Å². The molecule has 0 aliphatic heterocycles. The van der Waals surface area contributed by atoms with Crippen molar-refractivity contribution in [1.29, 1.82) is 0 Å². The summed E-state index contributed by atoms with van der Waals surface area (Å²) >= 11 is 0. The van der Waals surface area contributed by atoms with E-state index in [1.807, 2.05) is 0 Å². The molecule has 0 fully saturated rings. The summed E-state index contributed by atoms with van der Waals surface area (Å²) in [6.45, 7) is -0.483. The molecule has 1 aromatic heterocycles. The van der Waals surface area contributed by atoms with Gasteiger partial charge in [0.1, 0.15) is 12.2 Å². The molecule has 0 bridgehead atoms. The van der Waals surface area contributed by atoms with E-state index in [2.05, 4.69) is 4.98 Å². The fourth-order valence-corrected chi connectivity index (χ4v) is 1.76. The highest BCUT2D eigenvalue weighted by atomic mass is 16.4. The molecule has 6 nitrogen and oxygen atoms in total. The number of aromatic nitrogens is 1. The summed E-state index contributed by atoms with van der Waals surface area (Å²) in [5, 5.41) is 8.98. The van der Waals surface area contributed by atoms with Gasteiger partial charge in [-0.25, -0.2) is 0 Å². The summed E-state index contributed by atoms with van der Waals surface area (Å²) in [4.78, 5) is 28.4. The third kappa shape index (κ3) is 2.92. The van der Waals surface area contributed by atoms with Gasteiger partial charge in [0.25, 0.3) is 5.91 Å². The fraction of sp³-hybridized carbons (Fsp3) is 0.0714. The first-order valence-electron chi connectivity index (χ1n) is 5.89. The van der Waals surface area contributed by atoms with E-state index in [0.29, 0.717) is 11.4 Å². The summed E-state index contributed by atoms with van der Waals surface area (Å²) in [5.74, 6) is -1.64. The SMILES string of the molecule is Nc1ccccc1N(CC(=O)O)C(=O)c1ccccn1. The topological polar surface area (TPSA) is 96.5 Å². The van der Waals surface area contributed by atoms with Crippen molar-refractivity contribution in [3.63, 3.8) is 0 Å². The normalized spacial score (nSPS) is 10.0. The number of carboxylic acid groups (broad SMARTS) is 1. The van der Waals surface area contributed by atoms with E-state index in [4.69, 9.17) is 10.8 Å². The van der Waals surface area contributed by atoms with E-state index < -0.39 is 18.4 Å². The number of nitrogens with zero attached hydrogens (tertiary/aromatic N) is 2. The molecule has 3 N–H and O–H groups in total.